The molecule has 2 rings (SSSR count). The van der Waals surface area contributed by atoms with Crippen LogP contribution in [0.5, 0.6) is 0 Å². The Kier molecular flexibility index (Phi) is 5.45. The molecule has 1 aromatic rings. The molecule has 0 radical (unpaired) electrons. The summed E-state index contributed by atoms with van der Waals surface area (Å²) < 4.78 is 0. The first kappa shape index (κ1) is 16.1. The van der Waals surface area contributed by atoms with Gasteiger partial charge in [-0.05, 0) is 17.7 Å². The summed E-state index contributed by atoms with van der Waals surface area (Å²) in [7, 11) is 0. The van der Waals surface area contributed by atoms with Gasteiger partial charge in [0.2, 0.25) is 11.8 Å². The van der Waals surface area contributed by atoms with Crippen LogP contribution in [-0.4, -0.2) is 59.5 Å². The third kappa shape index (κ3) is 4.09. The van der Waals surface area contributed by atoms with Crippen LogP contribution in [0.25, 0.3) is 0 Å². The van der Waals surface area contributed by atoms with E-state index in [9.17, 15) is 9.59 Å². The van der Waals surface area contributed by atoms with Crippen LogP contribution in [0, 0.1) is 0 Å². The van der Waals surface area contributed by atoms with Gasteiger partial charge < -0.3 is 14.9 Å². The minimum absolute atomic E-state index is 0.0321. The molecule has 1 aromatic carbocycles. The summed E-state index contributed by atoms with van der Waals surface area (Å²) in [6.07, 6.45) is 0.212. The molecule has 0 aromatic heterocycles. The summed E-state index contributed by atoms with van der Waals surface area (Å²) >= 11 is 11.9. The highest BCUT2D eigenvalue weighted by atomic mass is 35.5. The van der Waals surface area contributed by atoms with Gasteiger partial charge in [0.05, 0.1) is 6.42 Å². The summed E-state index contributed by atoms with van der Waals surface area (Å²) in [6, 6.07) is 5.06. The molecule has 0 atom stereocenters. The van der Waals surface area contributed by atoms with Crippen molar-refractivity contribution < 1.29 is 14.7 Å². The number of amides is 2. The first-order valence-corrected chi connectivity index (χ1v) is 7.37. The maximum Gasteiger partial charge on any atom is 0.248 e. The van der Waals surface area contributed by atoms with E-state index in [2.05, 4.69) is 0 Å². The van der Waals surface area contributed by atoms with Gasteiger partial charge in [-0.2, -0.15) is 0 Å². The fourth-order valence-electron chi connectivity index (χ4n) is 2.25. The molecule has 0 bridgehead atoms. The van der Waals surface area contributed by atoms with E-state index in [1.165, 1.54) is 0 Å². The highest BCUT2D eigenvalue weighted by Crippen LogP contribution is 2.22. The molecular weight excluding hydrogens is 315 g/mol. The fourth-order valence-corrected chi connectivity index (χ4v) is 2.72. The second-order valence-electron chi connectivity index (χ2n) is 4.83. The molecule has 0 aliphatic carbocycles. The number of halogens is 2. The van der Waals surface area contributed by atoms with E-state index in [4.69, 9.17) is 28.3 Å². The fraction of sp³-hybridized carbons (Fsp3) is 0.429. The van der Waals surface area contributed by atoms with Crippen LogP contribution < -0.4 is 0 Å². The number of carbonyl (C=O) groups is 2. The minimum atomic E-state index is -0.492. The normalized spacial score (nSPS) is 15.2. The zero-order valence-electron chi connectivity index (χ0n) is 11.4. The first-order chi connectivity index (χ1) is 10.0. The van der Waals surface area contributed by atoms with Crippen LogP contribution in [0.1, 0.15) is 5.56 Å². The average molecular weight is 331 g/mol. The topological polar surface area (TPSA) is 60.9 Å². The van der Waals surface area contributed by atoms with Crippen molar-refractivity contribution in [3.8, 4) is 0 Å². The first-order valence-electron chi connectivity index (χ1n) is 6.61. The zero-order valence-corrected chi connectivity index (χ0v) is 12.9. The minimum Gasteiger partial charge on any atom is -0.387 e. The maximum atomic E-state index is 12.2. The van der Waals surface area contributed by atoms with Crippen LogP contribution in [0.4, 0.5) is 0 Å². The number of piperazine rings is 1. The Hall–Kier alpha value is -1.30. The molecule has 1 heterocycles. The van der Waals surface area contributed by atoms with Crippen molar-refractivity contribution in [3.63, 3.8) is 0 Å². The Morgan fingerprint density at radius 1 is 1.05 bits per heavy atom. The van der Waals surface area contributed by atoms with Crippen LogP contribution >= 0.6 is 23.2 Å². The summed E-state index contributed by atoms with van der Waals surface area (Å²) in [5.41, 5.74) is 0.736. The maximum absolute atomic E-state index is 12.2. The molecule has 5 nitrogen and oxygen atoms in total. The Morgan fingerprint density at radius 2 is 1.62 bits per heavy atom. The Morgan fingerprint density at radius 3 is 2.14 bits per heavy atom. The lowest BCUT2D eigenvalue weighted by atomic mass is 10.1. The average Bonchev–Trinajstić information content (AvgIpc) is 2.49. The van der Waals surface area contributed by atoms with Crippen molar-refractivity contribution in [2.75, 3.05) is 32.8 Å². The van der Waals surface area contributed by atoms with E-state index in [-0.39, 0.29) is 18.2 Å². The van der Waals surface area contributed by atoms with Gasteiger partial charge in [0, 0.05) is 36.2 Å². The van der Waals surface area contributed by atoms with Gasteiger partial charge in [-0.1, -0.05) is 29.3 Å². The van der Waals surface area contributed by atoms with E-state index < -0.39 is 6.61 Å². The highest BCUT2D eigenvalue weighted by Gasteiger charge is 2.23. The molecule has 21 heavy (non-hydrogen) atoms. The number of hydrogen-bond donors (Lipinski definition) is 1. The second-order valence-corrected chi connectivity index (χ2v) is 5.68. The molecule has 114 valence electrons. The van der Waals surface area contributed by atoms with Crippen molar-refractivity contribution in [2.24, 2.45) is 0 Å². The molecule has 1 saturated heterocycles. The Labute approximate surface area is 133 Å². The predicted molar refractivity (Wildman–Crippen MR) is 80.4 cm³/mol. The summed E-state index contributed by atoms with van der Waals surface area (Å²) in [6.45, 7) is 1.33. The quantitative estimate of drug-likeness (QED) is 0.905. The lowest BCUT2D eigenvalue weighted by molar-refractivity contribution is -0.140. The lowest BCUT2D eigenvalue weighted by Gasteiger charge is -2.34. The van der Waals surface area contributed by atoms with Crippen LogP contribution in [0.3, 0.4) is 0 Å². The van der Waals surface area contributed by atoms with E-state index in [0.717, 1.165) is 5.56 Å². The highest BCUT2D eigenvalue weighted by molar-refractivity contribution is 6.35. The molecule has 0 saturated carbocycles. The number of carbonyl (C=O) groups excluding carboxylic acids is 2. The van der Waals surface area contributed by atoms with Gasteiger partial charge in [0.1, 0.15) is 6.61 Å². The monoisotopic (exact) mass is 330 g/mol. The molecule has 0 unspecified atom stereocenters. The smallest absolute Gasteiger partial charge is 0.248 e. The zero-order chi connectivity index (χ0) is 15.4. The molecule has 1 N–H and O–H groups in total. The lowest BCUT2D eigenvalue weighted by Crippen LogP contribution is -2.51. The molecule has 7 heteroatoms. The molecule has 2 amide bonds. The molecule has 0 spiro atoms. The van der Waals surface area contributed by atoms with Gasteiger partial charge in [-0.15, -0.1) is 0 Å². The number of nitrogens with zero attached hydrogens (tertiary/aromatic N) is 2. The van der Waals surface area contributed by atoms with E-state index >= 15 is 0 Å². The number of benzene rings is 1. The predicted octanol–water partition coefficient (Wildman–Crippen LogP) is 1.20. The summed E-state index contributed by atoms with van der Waals surface area (Å²) in [5, 5.41) is 9.82. The number of rotatable bonds is 3. The van der Waals surface area contributed by atoms with E-state index in [1.807, 2.05) is 0 Å². The number of hydrogen-bond acceptors (Lipinski definition) is 3. The molecule has 1 aliphatic heterocycles. The van der Waals surface area contributed by atoms with Crippen molar-refractivity contribution in [3.05, 3.63) is 33.8 Å². The van der Waals surface area contributed by atoms with Gasteiger partial charge >= 0.3 is 0 Å². The van der Waals surface area contributed by atoms with Crippen LogP contribution in [0.15, 0.2) is 18.2 Å². The molecule has 1 fully saturated rings. The largest absolute Gasteiger partial charge is 0.387 e. The van der Waals surface area contributed by atoms with Crippen LogP contribution in [0.2, 0.25) is 10.0 Å². The number of aliphatic hydroxyl groups excluding tert-OH is 1. The Balaban J connectivity index is 1.92. The van der Waals surface area contributed by atoms with Crippen molar-refractivity contribution >= 4 is 35.0 Å². The van der Waals surface area contributed by atoms with Gasteiger partial charge in [0.25, 0.3) is 0 Å². The molecule has 1 aliphatic rings. The molecular formula is C14H16Cl2N2O3. The SMILES string of the molecule is O=C(CO)N1CCN(C(=O)Cc2ccc(Cl)cc2Cl)CC1. The Bertz CT molecular complexity index is 543. The third-order valence-electron chi connectivity index (χ3n) is 3.48. The van der Waals surface area contributed by atoms with Crippen LogP contribution in [-0.2, 0) is 16.0 Å². The summed E-state index contributed by atoms with van der Waals surface area (Å²) in [4.78, 5) is 26.8. The summed E-state index contributed by atoms with van der Waals surface area (Å²) in [5.74, 6) is -0.335. The van der Waals surface area contributed by atoms with E-state index in [1.54, 1.807) is 28.0 Å². The van der Waals surface area contributed by atoms with Gasteiger partial charge in [-0.3, -0.25) is 9.59 Å². The van der Waals surface area contributed by atoms with Gasteiger partial charge in [-0.25, -0.2) is 0 Å². The van der Waals surface area contributed by atoms with Crippen molar-refractivity contribution in [2.45, 2.75) is 6.42 Å². The second kappa shape index (κ2) is 7.11. The number of aliphatic hydroxyl groups is 1. The van der Waals surface area contributed by atoms with Gasteiger partial charge in [0.15, 0.2) is 0 Å². The third-order valence-corrected chi connectivity index (χ3v) is 4.06. The van der Waals surface area contributed by atoms with Crippen molar-refractivity contribution in [1.82, 2.24) is 9.80 Å². The van der Waals surface area contributed by atoms with Crippen molar-refractivity contribution in [1.29, 1.82) is 0 Å². The standard InChI is InChI=1S/C14H16Cl2N2O3/c15-11-2-1-10(12(16)8-11)7-13(20)17-3-5-18(6-4-17)14(21)9-19/h1-2,8,19H,3-7,9H2. The van der Waals surface area contributed by atoms with E-state index in [0.29, 0.717) is 36.2 Å².